The van der Waals surface area contributed by atoms with Gasteiger partial charge in [0.2, 0.25) is 0 Å². The highest BCUT2D eigenvalue weighted by atomic mass is 32.1. The molecule has 4 nitrogen and oxygen atoms in total. The Morgan fingerprint density at radius 1 is 1.63 bits per heavy atom. The van der Waals surface area contributed by atoms with Crippen LogP contribution >= 0.6 is 11.3 Å². The number of nitrogens with zero attached hydrogens (tertiary/aromatic N) is 1. The number of methoxy groups -OCH3 is 1. The Morgan fingerprint density at radius 3 is 3.16 bits per heavy atom. The zero-order chi connectivity index (χ0) is 13.3. The molecule has 0 radical (unpaired) electrons. The summed E-state index contributed by atoms with van der Waals surface area (Å²) in [6.07, 6.45) is 2.11. The number of hydrogen-bond donors (Lipinski definition) is 0. The molecule has 0 aromatic carbocycles. The van der Waals surface area contributed by atoms with Crippen LogP contribution < -0.4 is 0 Å². The van der Waals surface area contributed by atoms with Crippen LogP contribution in [0.25, 0.3) is 0 Å². The third kappa shape index (κ3) is 2.30. The summed E-state index contributed by atoms with van der Waals surface area (Å²) < 4.78 is 11.1. The minimum absolute atomic E-state index is 0.0918. The van der Waals surface area contributed by atoms with Gasteiger partial charge < -0.3 is 14.4 Å². The first-order valence-electron chi connectivity index (χ1n) is 6.71. The summed E-state index contributed by atoms with van der Waals surface area (Å²) in [5, 5.41) is 1.94. The molecule has 3 rings (SSSR count). The van der Waals surface area contributed by atoms with E-state index >= 15 is 0 Å². The molecule has 3 heterocycles. The second-order valence-corrected chi connectivity index (χ2v) is 6.27. The fourth-order valence-corrected chi connectivity index (χ4v) is 3.79. The number of amides is 1. The van der Waals surface area contributed by atoms with Gasteiger partial charge in [-0.25, -0.2) is 0 Å². The molecular weight excluding hydrogens is 262 g/mol. The van der Waals surface area contributed by atoms with Crippen LogP contribution in [0.5, 0.6) is 0 Å². The largest absolute Gasteiger partial charge is 0.385 e. The number of likely N-dealkylation sites (tertiary alicyclic amines) is 1. The van der Waals surface area contributed by atoms with Gasteiger partial charge in [-0.15, -0.1) is 11.3 Å². The van der Waals surface area contributed by atoms with E-state index in [1.165, 1.54) is 11.3 Å². The molecule has 2 aliphatic heterocycles. The molecule has 1 unspecified atom stereocenters. The van der Waals surface area contributed by atoms with Gasteiger partial charge in [0.05, 0.1) is 18.0 Å². The molecule has 1 aromatic rings. The van der Waals surface area contributed by atoms with E-state index in [-0.39, 0.29) is 11.5 Å². The fourth-order valence-electron chi connectivity index (χ4n) is 3.10. The molecule has 2 aliphatic rings. The maximum atomic E-state index is 12.2. The number of hydrogen-bond acceptors (Lipinski definition) is 4. The van der Waals surface area contributed by atoms with Gasteiger partial charge in [0.15, 0.2) is 0 Å². The summed E-state index contributed by atoms with van der Waals surface area (Å²) in [4.78, 5) is 14.9. The minimum atomic E-state index is -0.0918. The lowest BCUT2D eigenvalue weighted by atomic mass is 9.79. The minimum Gasteiger partial charge on any atom is -0.385 e. The number of carbonyl (C=O) groups excluding carboxylic acids is 1. The summed E-state index contributed by atoms with van der Waals surface area (Å²) in [6.45, 7) is 3.06. The van der Waals surface area contributed by atoms with Crippen molar-refractivity contribution >= 4 is 17.2 Å². The van der Waals surface area contributed by atoms with Crippen molar-refractivity contribution in [3.63, 3.8) is 0 Å². The number of ether oxygens (including phenoxy) is 2. The van der Waals surface area contributed by atoms with Gasteiger partial charge in [-0.1, -0.05) is 6.07 Å². The van der Waals surface area contributed by atoms with Crippen LogP contribution in [-0.4, -0.2) is 49.8 Å². The Labute approximate surface area is 117 Å². The van der Waals surface area contributed by atoms with Crippen LogP contribution in [0.2, 0.25) is 0 Å². The lowest BCUT2D eigenvalue weighted by Crippen LogP contribution is -2.66. The van der Waals surface area contributed by atoms with E-state index in [0.717, 1.165) is 44.0 Å². The zero-order valence-corrected chi connectivity index (χ0v) is 11.9. The van der Waals surface area contributed by atoms with Crippen molar-refractivity contribution in [2.24, 2.45) is 5.92 Å². The second-order valence-electron chi connectivity index (χ2n) is 5.32. The maximum absolute atomic E-state index is 12.2. The molecule has 0 aliphatic carbocycles. The van der Waals surface area contributed by atoms with Crippen LogP contribution in [0.4, 0.5) is 0 Å². The van der Waals surface area contributed by atoms with Crippen LogP contribution in [0, 0.1) is 5.92 Å². The van der Waals surface area contributed by atoms with Crippen LogP contribution in [0.15, 0.2) is 17.5 Å². The fraction of sp³-hybridized carbons (Fsp3) is 0.643. The average molecular weight is 281 g/mol. The van der Waals surface area contributed by atoms with Gasteiger partial charge in [-0.3, -0.25) is 4.79 Å². The quantitative estimate of drug-likeness (QED) is 0.847. The Morgan fingerprint density at radius 2 is 2.47 bits per heavy atom. The first-order valence-corrected chi connectivity index (χ1v) is 7.59. The highest BCUT2D eigenvalue weighted by Gasteiger charge is 2.54. The van der Waals surface area contributed by atoms with Crippen molar-refractivity contribution in [1.29, 1.82) is 0 Å². The third-order valence-corrected chi connectivity index (χ3v) is 5.06. The molecule has 104 valence electrons. The summed E-state index contributed by atoms with van der Waals surface area (Å²) in [5.41, 5.74) is -0.0918. The SMILES string of the molecule is COCCC1CCOC12CN(C(=O)c1cccs1)C2. The van der Waals surface area contributed by atoms with E-state index in [1.807, 2.05) is 22.4 Å². The van der Waals surface area contributed by atoms with E-state index in [2.05, 4.69) is 0 Å². The van der Waals surface area contributed by atoms with Gasteiger partial charge in [0, 0.05) is 20.3 Å². The topological polar surface area (TPSA) is 38.8 Å². The van der Waals surface area contributed by atoms with Crippen molar-refractivity contribution in [2.75, 3.05) is 33.4 Å². The summed E-state index contributed by atoms with van der Waals surface area (Å²) in [6, 6.07) is 3.80. The van der Waals surface area contributed by atoms with Crippen molar-refractivity contribution in [3.8, 4) is 0 Å². The molecule has 19 heavy (non-hydrogen) atoms. The second kappa shape index (κ2) is 5.23. The van der Waals surface area contributed by atoms with Gasteiger partial charge in [0.1, 0.15) is 5.60 Å². The predicted octanol–water partition coefficient (Wildman–Crippen LogP) is 2.02. The Balaban J connectivity index is 1.60. The summed E-state index contributed by atoms with van der Waals surface area (Å²) >= 11 is 1.50. The lowest BCUT2D eigenvalue weighted by Gasteiger charge is -2.50. The molecule has 0 saturated carbocycles. The predicted molar refractivity (Wildman–Crippen MR) is 73.5 cm³/mol. The zero-order valence-electron chi connectivity index (χ0n) is 11.1. The Hall–Kier alpha value is -0.910. The van der Waals surface area contributed by atoms with Crippen molar-refractivity contribution in [3.05, 3.63) is 22.4 Å². The van der Waals surface area contributed by atoms with E-state index in [9.17, 15) is 4.79 Å². The number of carbonyl (C=O) groups is 1. The summed E-state index contributed by atoms with van der Waals surface area (Å²) in [5.74, 6) is 0.668. The number of thiophene rings is 1. The molecule has 2 fully saturated rings. The van der Waals surface area contributed by atoms with Gasteiger partial charge >= 0.3 is 0 Å². The van der Waals surface area contributed by atoms with Gasteiger partial charge in [0.25, 0.3) is 5.91 Å². The third-order valence-electron chi connectivity index (χ3n) is 4.21. The molecule has 1 amide bonds. The van der Waals surface area contributed by atoms with Gasteiger partial charge in [-0.2, -0.15) is 0 Å². The maximum Gasteiger partial charge on any atom is 0.264 e. The lowest BCUT2D eigenvalue weighted by molar-refractivity contribution is -0.119. The van der Waals surface area contributed by atoms with E-state index in [4.69, 9.17) is 9.47 Å². The monoisotopic (exact) mass is 281 g/mol. The smallest absolute Gasteiger partial charge is 0.264 e. The highest BCUT2D eigenvalue weighted by molar-refractivity contribution is 7.12. The molecule has 1 aromatic heterocycles. The Bertz CT molecular complexity index is 440. The first kappa shape index (κ1) is 13.1. The summed E-state index contributed by atoms with van der Waals surface area (Å²) in [7, 11) is 1.73. The Kier molecular flexibility index (Phi) is 3.60. The van der Waals surface area contributed by atoms with Crippen molar-refractivity contribution in [2.45, 2.75) is 18.4 Å². The van der Waals surface area contributed by atoms with E-state index in [0.29, 0.717) is 5.92 Å². The van der Waals surface area contributed by atoms with Crippen molar-refractivity contribution < 1.29 is 14.3 Å². The molecule has 0 N–H and O–H groups in total. The highest BCUT2D eigenvalue weighted by Crippen LogP contribution is 2.42. The van der Waals surface area contributed by atoms with Crippen LogP contribution in [0.3, 0.4) is 0 Å². The standard InChI is InChI=1S/C14H19NO3S/c1-17-6-4-11-5-7-18-14(11)9-15(10-14)13(16)12-3-2-8-19-12/h2-3,8,11H,4-7,9-10H2,1H3. The normalized spacial score (nSPS) is 24.7. The molecule has 1 spiro atoms. The number of rotatable bonds is 4. The first-order chi connectivity index (χ1) is 9.25. The molecular formula is C14H19NO3S. The van der Waals surface area contributed by atoms with Crippen molar-refractivity contribution in [1.82, 2.24) is 4.90 Å². The molecule has 2 saturated heterocycles. The molecule has 1 atom stereocenters. The van der Waals surface area contributed by atoms with E-state index < -0.39 is 0 Å². The molecule has 5 heteroatoms. The van der Waals surface area contributed by atoms with Crippen LogP contribution in [0.1, 0.15) is 22.5 Å². The van der Waals surface area contributed by atoms with Gasteiger partial charge in [-0.05, 0) is 30.2 Å². The average Bonchev–Trinajstić information content (AvgIpc) is 3.02. The van der Waals surface area contributed by atoms with E-state index in [1.54, 1.807) is 7.11 Å². The van der Waals surface area contributed by atoms with Crippen LogP contribution in [-0.2, 0) is 9.47 Å². The molecule has 0 bridgehead atoms.